The number of rotatable bonds is 6. The lowest BCUT2D eigenvalue weighted by atomic mass is 10.1. The maximum atomic E-state index is 12.1. The van der Waals surface area contributed by atoms with Crippen molar-refractivity contribution in [3.63, 3.8) is 0 Å². The van der Waals surface area contributed by atoms with E-state index in [1.165, 1.54) is 30.6 Å². The molecule has 0 unspecified atom stereocenters. The first-order valence-corrected chi connectivity index (χ1v) is 8.87. The molecule has 0 atom stereocenters. The van der Waals surface area contributed by atoms with Gasteiger partial charge < -0.3 is 14.8 Å². The van der Waals surface area contributed by atoms with E-state index in [0.29, 0.717) is 16.1 Å². The molecule has 0 aliphatic rings. The molecule has 0 fully saturated rings. The van der Waals surface area contributed by atoms with Gasteiger partial charge in [0, 0.05) is 16.5 Å². The van der Waals surface area contributed by atoms with E-state index in [1.807, 2.05) is 0 Å². The smallest absolute Gasteiger partial charge is 0.341 e. The van der Waals surface area contributed by atoms with Crippen LogP contribution in [0.15, 0.2) is 18.2 Å². The minimum Gasteiger partial charge on any atom is -0.465 e. The molecule has 9 nitrogen and oxygen atoms in total. The van der Waals surface area contributed by atoms with Crippen LogP contribution in [0, 0.1) is 30.9 Å². The number of ether oxygens (including phenoxy) is 2. The average molecular weight is 406 g/mol. The second-order valence-electron chi connectivity index (χ2n) is 5.86. The molecule has 0 saturated carbocycles. The summed E-state index contributed by atoms with van der Waals surface area (Å²) in [4.78, 5) is 47.3. The van der Waals surface area contributed by atoms with Crippen molar-refractivity contribution in [2.24, 2.45) is 0 Å². The fourth-order valence-corrected chi connectivity index (χ4v) is 3.44. The summed E-state index contributed by atoms with van der Waals surface area (Å²) in [5.74, 6) is -2.10. The SMILES string of the molecule is COC(=O)c1c(NC(=O)COC(=O)c2ccc(C)c([N+](=O)[O-])c2)sc(C)c1C. The number of nitrogens with zero attached hydrogens (tertiary/aromatic N) is 1. The van der Waals surface area contributed by atoms with Crippen molar-refractivity contribution in [2.45, 2.75) is 20.8 Å². The number of hydrogen-bond donors (Lipinski definition) is 1. The molecule has 0 saturated heterocycles. The Bertz CT molecular complexity index is 965. The van der Waals surface area contributed by atoms with Gasteiger partial charge in [0.05, 0.1) is 23.2 Å². The lowest BCUT2D eigenvalue weighted by molar-refractivity contribution is -0.385. The molecule has 0 radical (unpaired) electrons. The van der Waals surface area contributed by atoms with Crippen LogP contribution in [0.1, 0.15) is 36.7 Å². The molecule has 1 amide bonds. The quantitative estimate of drug-likeness (QED) is 0.444. The lowest BCUT2D eigenvalue weighted by Crippen LogP contribution is -2.21. The summed E-state index contributed by atoms with van der Waals surface area (Å²) in [6.07, 6.45) is 0. The summed E-state index contributed by atoms with van der Waals surface area (Å²) in [5, 5.41) is 13.8. The van der Waals surface area contributed by atoms with Crippen LogP contribution in [0.5, 0.6) is 0 Å². The standard InChI is InChI=1S/C18H18N2O7S/c1-9-5-6-12(7-13(9)20(24)25)17(22)27-8-14(21)19-16-15(18(23)26-4)10(2)11(3)28-16/h5-7H,8H2,1-4H3,(H,19,21). The van der Waals surface area contributed by atoms with Crippen molar-refractivity contribution in [1.29, 1.82) is 0 Å². The van der Waals surface area contributed by atoms with E-state index in [0.717, 1.165) is 10.9 Å². The van der Waals surface area contributed by atoms with Gasteiger partial charge in [-0.05, 0) is 32.4 Å². The number of nitrogens with one attached hydrogen (secondary N) is 1. The number of carbonyl (C=O) groups is 3. The summed E-state index contributed by atoms with van der Waals surface area (Å²) in [6.45, 7) is 4.46. The van der Waals surface area contributed by atoms with Gasteiger partial charge in [0.25, 0.3) is 11.6 Å². The Morgan fingerprint density at radius 1 is 1.18 bits per heavy atom. The maximum absolute atomic E-state index is 12.1. The number of carbonyl (C=O) groups excluding carboxylic acids is 3. The Hall–Kier alpha value is -3.27. The molecule has 148 valence electrons. The maximum Gasteiger partial charge on any atom is 0.341 e. The largest absolute Gasteiger partial charge is 0.465 e. The number of hydrogen-bond acceptors (Lipinski definition) is 8. The van der Waals surface area contributed by atoms with Gasteiger partial charge in [0.1, 0.15) is 5.00 Å². The highest BCUT2D eigenvalue weighted by Gasteiger charge is 2.22. The highest BCUT2D eigenvalue weighted by molar-refractivity contribution is 7.16. The van der Waals surface area contributed by atoms with Crippen LogP contribution >= 0.6 is 11.3 Å². The van der Waals surface area contributed by atoms with Crippen molar-refractivity contribution in [3.05, 3.63) is 55.4 Å². The first kappa shape index (κ1) is 21.0. The number of esters is 2. The van der Waals surface area contributed by atoms with Gasteiger partial charge in [0.15, 0.2) is 6.61 Å². The summed E-state index contributed by atoms with van der Waals surface area (Å²) >= 11 is 1.20. The van der Waals surface area contributed by atoms with Gasteiger partial charge in [-0.1, -0.05) is 6.07 Å². The highest BCUT2D eigenvalue weighted by atomic mass is 32.1. The van der Waals surface area contributed by atoms with E-state index in [2.05, 4.69) is 5.32 Å². The van der Waals surface area contributed by atoms with E-state index in [9.17, 15) is 24.5 Å². The monoisotopic (exact) mass is 406 g/mol. The molecule has 0 spiro atoms. The second kappa shape index (κ2) is 8.61. The third-order valence-corrected chi connectivity index (χ3v) is 5.13. The minimum atomic E-state index is -0.870. The minimum absolute atomic E-state index is 0.0387. The van der Waals surface area contributed by atoms with Gasteiger partial charge >= 0.3 is 11.9 Å². The van der Waals surface area contributed by atoms with Crippen molar-refractivity contribution in [2.75, 3.05) is 19.0 Å². The Morgan fingerprint density at radius 2 is 1.86 bits per heavy atom. The van der Waals surface area contributed by atoms with Gasteiger partial charge in [-0.25, -0.2) is 9.59 Å². The van der Waals surface area contributed by atoms with E-state index >= 15 is 0 Å². The molecule has 2 aromatic rings. The Balaban J connectivity index is 2.06. The molecular weight excluding hydrogens is 388 g/mol. The lowest BCUT2D eigenvalue weighted by Gasteiger charge is -2.07. The normalized spacial score (nSPS) is 10.3. The molecule has 2 rings (SSSR count). The Kier molecular flexibility index (Phi) is 6.47. The van der Waals surface area contributed by atoms with Crippen molar-refractivity contribution < 1.29 is 28.8 Å². The zero-order valence-corrected chi connectivity index (χ0v) is 16.5. The zero-order chi connectivity index (χ0) is 21.0. The molecule has 10 heteroatoms. The molecular formula is C18H18N2O7S. The Morgan fingerprint density at radius 3 is 2.46 bits per heavy atom. The molecule has 0 bridgehead atoms. The van der Waals surface area contributed by atoms with E-state index in [4.69, 9.17) is 9.47 Å². The van der Waals surface area contributed by atoms with Crippen LogP contribution in [-0.4, -0.2) is 36.5 Å². The summed E-state index contributed by atoms with van der Waals surface area (Å²) in [6, 6.07) is 3.90. The number of amides is 1. The van der Waals surface area contributed by atoms with Crippen molar-refractivity contribution in [1.82, 2.24) is 0 Å². The molecule has 28 heavy (non-hydrogen) atoms. The predicted octanol–water partition coefficient (Wildman–Crippen LogP) is 3.16. The summed E-state index contributed by atoms with van der Waals surface area (Å²) in [7, 11) is 1.24. The van der Waals surface area contributed by atoms with Crippen molar-refractivity contribution in [3.8, 4) is 0 Å². The van der Waals surface area contributed by atoms with E-state index in [1.54, 1.807) is 20.8 Å². The topological polar surface area (TPSA) is 125 Å². The number of anilines is 1. The number of benzene rings is 1. The van der Waals surface area contributed by atoms with Gasteiger partial charge in [0.2, 0.25) is 0 Å². The third kappa shape index (κ3) is 4.52. The van der Waals surface area contributed by atoms with Crippen LogP contribution in [0.2, 0.25) is 0 Å². The number of nitro benzene ring substituents is 1. The first-order chi connectivity index (χ1) is 13.1. The van der Waals surface area contributed by atoms with Crippen LogP contribution in [0.3, 0.4) is 0 Å². The van der Waals surface area contributed by atoms with Crippen molar-refractivity contribution >= 4 is 39.9 Å². The molecule has 1 heterocycles. The number of nitro groups is 1. The predicted molar refractivity (Wildman–Crippen MR) is 102 cm³/mol. The van der Waals surface area contributed by atoms with Crippen LogP contribution in [-0.2, 0) is 14.3 Å². The zero-order valence-electron chi connectivity index (χ0n) is 15.7. The number of thiophene rings is 1. The molecule has 1 N–H and O–H groups in total. The van der Waals surface area contributed by atoms with E-state index in [-0.39, 0.29) is 16.8 Å². The van der Waals surface area contributed by atoms with Gasteiger partial charge in [-0.15, -0.1) is 11.3 Å². The van der Waals surface area contributed by atoms with Gasteiger partial charge in [-0.2, -0.15) is 0 Å². The molecule has 0 aliphatic heterocycles. The van der Waals surface area contributed by atoms with Crippen LogP contribution < -0.4 is 5.32 Å². The first-order valence-electron chi connectivity index (χ1n) is 8.06. The fraction of sp³-hybridized carbons (Fsp3) is 0.278. The fourth-order valence-electron chi connectivity index (χ4n) is 2.37. The Labute approximate surface area is 164 Å². The second-order valence-corrected chi connectivity index (χ2v) is 7.09. The average Bonchev–Trinajstić information content (AvgIpc) is 2.92. The summed E-state index contributed by atoms with van der Waals surface area (Å²) < 4.78 is 9.64. The highest BCUT2D eigenvalue weighted by Crippen LogP contribution is 2.32. The molecule has 1 aromatic heterocycles. The number of aryl methyl sites for hydroxylation is 2. The van der Waals surface area contributed by atoms with E-state index < -0.39 is 29.4 Å². The van der Waals surface area contributed by atoms with Crippen LogP contribution in [0.25, 0.3) is 0 Å². The third-order valence-electron chi connectivity index (χ3n) is 4.00. The van der Waals surface area contributed by atoms with Gasteiger partial charge in [-0.3, -0.25) is 14.9 Å². The number of methoxy groups -OCH3 is 1. The molecule has 0 aliphatic carbocycles. The summed E-state index contributed by atoms with van der Waals surface area (Å²) in [5.41, 5.74) is 1.09. The van der Waals surface area contributed by atoms with Crippen LogP contribution in [0.4, 0.5) is 10.7 Å². The molecule has 1 aromatic carbocycles.